The summed E-state index contributed by atoms with van der Waals surface area (Å²) in [6, 6.07) is 20.4. The molecule has 2 saturated carbocycles. The van der Waals surface area contributed by atoms with Crippen LogP contribution < -0.4 is 5.32 Å². The maximum absolute atomic E-state index is 13.7. The summed E-state index contributed by atoms with van der Waals surface area (Å²) in [5.74, 6) is 1.05. The number of fused-ring (bicyclic) bond motifs is 1. The van der Waals surface area contributed by atoms with Gasteiger partial charge in [-0.15, -0.1) is 0 Å². The third-order valence-electron chi connectivity index (χ3n) is 11.5. The Balaban J connectivity index is 1.06. The second-order valence-corrected chi connectivity index (χ2v) is 15.2. The predicted octanol–water partition coefficient (Wildman–Crippen LogP) is 7.28. The van der Waals surface area contributed by atoms with Crippen molar-refractivity contribution in [1.29, 1.82) is 0 Å². The number of aliphatic hydroxyl groups is 1. The summed E-state index contributed by atoms with van der Waals surface area (Å²) in [7, 11) is 1.64. The smallest absolute Gasteiger partial charge is 0.252 e. The molecule has 7 unspecified atom stereocenters. The third-order valence-corrected chi connectivity index (χ3v) is 11.5. The minimum Gasteiger partial charge on any atom is -0.380 e. The molecule has 0 radical (unpaired) electrons. The summed E-state index contributed by atoms with van der Waals surface area (Å²) in [6.45, 7) is 3.30. The number of methoxy groups -OCH3 is 1. The molecule has 1 aliphatic heterocycles. The average molecular weight is 690 g/mol. The van der Waals surface area contributed by atoms with Crippen LogP contribution in [0, 0.1) is 17.8 Å². The van der Waals surface area contributed by atoms with E-state index in [2.05, 4.69) is 30.4 Å². The van der Waals surface area contributed by atoms with Gasteiger partial charge < -0.3 is 34.1 Å². The van der Waals surface area contributed by atoms with Gasteiger partial charge in [-0.2, -0.15) is 0 Å². The number of hydrogen-bond donors (Lipinski definition) is 2. The Kier molecular flexibility index (Phi) is 13.6. The molecular formula is C42H59NO7. The van der Waals surface area contributed by atoms with Crippen LogP contribution >= 0.6 is 0 Å². The molecule has 0 bridgehead atoms. The van der Waals surface area contributed by atoms with E-state index in [0.717, 1.165) is 29.9 Å². The first-order valence-corrected chi connectivity index (χ1v) is 19.2. The number of carbonyl (C=O) groups is 1. The summed E-state index contributed by atoms with van der Waals surface area (Å²) < 4.78 is 31.9. The molecule has 0 spiro atoms. The fraction of sp³-hybridized carbons (Fsp3) is 0.643. The summed E-state index contributed by atoms with van der Waals surface area (Å²) in [5.41, 5.74) is 0.754. The molecule has 3 fully saturated rings. The molecule has 2 aromatic rings. The maximum Gasteiger partial charge on any atom is 0.252 e. The van der Waals surface area contributed by atoms with Crippen LogP contribution in [-0.2, 0) is 41.7 Å². The standard InChI is InChI=1S/C42H59NO7/c1-30-37(50-40(46-2)39(49-28-32-18-10-7-11-19-32)38(30)48-27-31-16-8-6-9-17-31)29-47-34-21-14-15-24-42(45,25-23-34)41(44)43-36-22-13-5-3-4-12-20-33-26-35(33)36/h6-11,14,16-19,21,30,33-40,45H,3-5,12-13,15,20,22-29H2,1-2H3,(H,43,44)/b21-14+/t30?,33-,34+,35?,36?,37?,38?,39?,40?,42+/m0/s1. The molecule has 50 heavy (non-hydrogen) atoms. The first kappa shape index (κ1) is 37.2. The van der Waals surface area contributed by atoms with Crippen LogP contribution in [0.1, 0.15) is 95.1 Å². The van der Waals surface area contributed by atoms with Crippen molar-refractivity contribution in [2.75, 3.05) is 13.7 Å². The molecule has 2 N–H and O–H groups in total. The lowest BCUT2D eigenvalue weighted by Gasteiger charge is -2.45. The zero-order valence-corrected chi connectivity index (χ0v) is 30.1. The molecule has 4 aliphatic rings. The topological polar surface area (TPSA) is 95.5 Å². The number of allylic oxidation sites excluding steroid dienone is 1. The van der Waals surface area contributed by atoms with Crippen molar-refractivity contribution >= 4 is 5.91 Å². The molecule has 8 heteroatoms. The molecule has 8 nitrogen and oxygen atoms in total. The van der Waals surface area contributed by atoms with Crippen LogP contribution in [0.3, 0.4) is 0 Å². The number of hydrogen-bond acceptors (Lipinski definition) is 7. The predicted molar refractivity (Wildman–Crippen MR) is 193 cm³/mol. The van der Waals surface area contributed by atoms with Gasteiger partial charge in [0.25, 0.3) is 5.91 Å². The van der Waals surface area contributed by atoms with Gasteiger partial charge in [0, 0.05) is 19.1 Å². The average Bonchev–Trinajstić information content (AvgIpc) is 3.92. The van der Waals surface area contributed by atoms with E-state index in [-0.39, 0.29) is 36.2 Å². The number of carbonyl (C=O) groups excluding carboxylic acids is 1. The fourth-order valence-electron chi connectivity index (χ4n) is 8.22. The second-order valence-electron chi connectivity index (χ2n) is 15.2. The number of benzene rings is 2. The van der Waals surface area contributed by atoms with E-state index in [9.17, 15) is 9.90 Å². The van der Waals surface area contributed by atoms with Crippen molar-refractivity contribution in [3.8, 4) is 0 Å². The van der Waals surface area contributed by atoms with Crippen LogP contribution in [0.15, 0.2) is 72.8 Å². The van der Waals surface area contributed by atoms with Crippen molar-refractivity contribution in [3.05, 3.63) is 83.9 Å². The molecule has 6 rings (SSSR count). The van der Waals surface area contributed by atoms with Crippen LogP contribution in [0.2, 0.25) is 0 Å². The van der Waals surface area contributed by atoms with Gasteiger partial charge in [0.1, 0.15) is 11.7 Å². The van der Waals surface area contributed by atoms with Crippen LogP contribution in [-0.4, -0.2) is 67.1 Å². The minimum absolute atomic E-state index is 0.0605. The zero-order valence-electron chi connectivity index (χ0n) is 30.1. The Morgan fingerprint density at radius 3 is 2.22 bits per heavy atom. The number of rotatable bonds is 12. The van der Waals surface area contributed by atoms with E-state index in [4.69, 9.17) is 23.7 Å². The Hall–Kier alpha value is -2.59. The molecule has 2 aromatic carbocycles. The SMILES string of the molecule is COC1OC(CO[C@@H]2/C=C/CC[C@](O)(C(=O)NC3CCCCCCC[C@H]4CC34)CC2)C(C)C(OCc2ccccc2)C1OCc1ccccc1. The Morgan fingerprint density at radius 2 is 1.52 bits per heavy atom. The molecule has 10 atom stereocenters. The number of nitrogens with one attached hydrogen (secondary N) is 1. The molecule has 1 saturated heterocycles. The lowest BCUT2D eigenvalue weighted by molar-refractivity contribution is -0.303. The number of ether oxygens (including phenoxy) is 5. The molecule has 274 valence electrons. The first-order valence-electron chi connectivity index (χ1n) is 19.2. The number of amides is 1. The lowest BCUT2D eigenvalue weighted by Crippen LogP contribution is -2.57. The van der Waals surface area contributed by atoms with Crippen molar-refractivity contribution < 1.29 is 33.6 Å². The van der Waals surface area contributed by atoms with Gasteiger partial charge in [-0.3, -0.25) is 4.79 Å². The third kappa shape index (κ3) is 10.0. The maximum atomic E-state index is 13.7. The van der Waals surface area contributed by atoms with Crippen LogP contribution in [0.5, 0.6) is 0 Å². The van der Waals surface area contributed by atoms with Gasteiger partial charge in [-0.05, 0) is 61.5 Å². The normalized spacial score (nSPS) is 35.5. The van der Waals surface area contributed by atoms with Crippen LogP contribution in [0.25, 0.3) is 0 Å². The fourth-order valence-corrected chi connectivity index (χ4v) is 8.22. The van der Waals surface area contributed by atoms with Crippen molar-refractivity contribution in [1.82, 2.24) is 5.32 Å². The summed E-state index contributed by atoms with van der Waals surface area (Å²) in [5, 5.41) is 15.1. The van der Waals surface area contributed by atoms with Gasteiger partial charge in [-0.25, -0.2) is 0 Å². The van der Waals surface area contributed by atoms with E-state index >= 15 is 0 Å². The van der Waals surface area contributed by atoms with E-state index < -0.39 is 18.0 Å². The van der Waals surface area contributed by atoms with Gasteiger partial charge in [0.2, 0.25) is 0 Å². The summed E-state index contributed by atoms with van der Waals surface area (Å²) >= 11 is 0. The monoisotopic (exact) mass is 689 g/mol. The highest BCUT2D eigenvalue weighted by atomic mass is 16.7. The highest BCUT2D eigenvalue weighted by molar-refractivity contribution is 5.85. The van der Waals surface area contributed by atoms with Crippen molar-refractivity contribution in [2.24, 2.45) is 17.8 Å². The van der Waals surface area contributed by atoms with E-state index in [1.165, 1.54) is 38.5 Å². The second kappa shape index (κ2) is 18.3. The van der Waals surface area contributed by atoms with Gasteiger partial charge >= 0.3 is 0 Å². The van der Waals surface area contributed by atoms with Gasteiger partial charge in [-0.1, -0.05) is 118 Å². The quantitative estimate of drug-likeness (QED) is 0.226. The molecule has 1 amide bonds. The highest BCUT2D eigenvalue weighted by Crippen LogP contribution is 2.47. The first-order chi connectivity index (χ1) is 24.4. The van der Waals surface area contributed by atoms with E-state index in [1.807, 2.05) is 54.6 Å². The Labute approximate surface area is 299 Å². The van der Waals surface area contributed by atoms with Gasteiger partial charge in [0.15, 0.2) is 6.29 Å². The molecule has 3 aliphatic carbocycles. The summed E-state index contributed by atoms with van der Waals surface area (Å²) in [4.78, 5) is 13.7. The highest BCUT2D eigenvalue weighted by Gasteiger charge is 2.47. The Morgan fingerprint density at radius 1 is 0.860 bits per heavy atom. The van der Waals surface area contributed by atoms with Gasteiger partial charge in [0.05, 0.1) is 38.1 Å². The lowest BCUT2D eigenvalue weighted by atomic mass is 9.86. The Bertz CT molecular complexity index is 1340. The largest absolute Gasteiger partial charge is 0.380 e. The van der Waals surface area contributed by atoms with Crippen molar-refractivity contribution in [3.63, 3.8) is 0 Å². The minimum atomic E-state index is -1.40. The van der Waals surface area contributed by atoms with Crippen LogP contribution in [0.4, 0.5) is 0 Å². The molecule has 1 heterocycles. The van der Waals surface area contributed by atoms with E-state index in [1.54, 1.807) is 7.11 Å². The molecular weight excluding hydrogens is 630 g/mol. The molecule has 0 aromatic heterocycles. The zero-order chi connectivity index (χ0) is 34.8. The van der Waals surface area contributed by atoms with Crippen molar-refractivity contribution in [2.45, 2.75) is 140 Å². The summed E-state index contributed by atoms with van der Waals surface area (Å²) in [6.07, 6.45) is 13.9. The van der Waals surface area contributed by atoms with E-state index in [0.29, 0.717) is 51.4 Å².